The zero-order valence-electron chi connectivity index (χ0n) is 14.6. The van der Waals surface area contributed by atoms with E-state index in [0.717, 1.165) is 0 Å². The molecule has 1 atom stereocenters. The summed E-state index contributed by atoms with van der Waals surface area (Å²) in [6.45, 7) is 1.79. The van der Waals surface area contributed by atoms with Gasteiger partial charge in [0.1, 0.15) is 23.4 Å². The number of aliphatic hydroxyl groups excluding tert-OH is 1. The summed E-state index contributed by atoms with van der Waals surface area (Å²) in [6, 6.07) is 4.98. The minimum absolute atomic E-state index is 0.0533. The van der Waals surface area contributed by atoms with Gasteiger partial charge in [-0.1, -0.05) is 6.07 Å². The minimum atomic E-state index is -0.384. The SMILES string of the molecule is COc1nn(C)cc1C(=O)Nc1cccc(-c2nncn2[C@H](C)CO)n1. The van der Waals surface area contributed by atoms with Crippen LogP contribution in [0.3, 0.4) is 0 Å². The molecule has 0 bridgehead atoms. The van der Waals surface area contributed by atoms with Crippen molar-refractivity contribution in [1.82, 2.24) is 29.5 Å². The van der Waals surface area contributed by atoms with Crippen LogP contribution in [0.1, 0.15) is 23.3 Å². The summed E-state index contributed by atoms with van der Waals surface area (Å²) in [7, 11) is 3.15. The molecule has 136 valence electrons. The summed E-state index contributed by atoms with van der Waals surface area (Å²) in [5, 5.41) is 24.1. The molecule has 3 aromatic rings. The van der Waals surface area contributed by atoms with Gasteiger partial charge in [0.2, 0.25) is 5.88 Å². The topological polar surface area (TPSA) is 120 Å². The molecule has 10 heteroatoms. The molecule has 0 unspecified atom stereocenters. The molecule has 0 aliphatic rings. The van der Waals surface area contributed by atoms with Crippen LogP contribution in [0, 0.1) is 0 Å². The first-order valence-electron chi connectivity index (χ1n) is 7.90. The molecular weight excluding hydrogens is 338 g/mol. The molecule has 10 nitrogen and oxygen atoms in total. The van der Waals surface area contributed by atoms with Crippen molar-refractivity contribution in [2.75, 3.05) is 19.0 Å². The zero-order valence-corrected chi connectivity index (χ0v) is 14.6. The Morgan fingerprint density at radius 2 is 2.23 bits per heavy atom. The monoisotopic (exact) mass is 357 g/mol. The van der Waals surface area contributed by atoms with Crippen molar-refractivity contribution in [3.8, 4) is 17.4 Å². The van der Waals surface area contributed by atoms with Gasteiger partial charge in [-0.25, -0.2) is 4.98 Å². The first-order valence-corrected chi connectivity index (χ1v) is 7.90. The molecule has 0 aliphatic carbocycles. The van der Waals surface area contributed by atoms with Crippen molar-refractivity contribution >= 4 is 11.7 Å². The van der Waals surface area contributed by atoms with Gasteiger partial charge >= 0.3 is 0 Å². The van der Waals surface area contributed by atoms with Crippen molar-refractivity contribution in [2.45, 2.75) is 13.0 Å². The maximum atomic E-state index is 12.5. The number of aliphatic hydroxyl groups is 1. The number of aromatic nitrogens is 6. The van der Waals surface area contributed by atoms with Crippen molar-refractivity contribution in [1.29, 1.82) is 0 Å². The predicted octanol–water partition coefficient (Wildman–Crippen LogP) is 0.888. The van der Waals surface area contributed by atoms with Gasteiger partial charge in [0.25, 0.3) is 5.91 Å². The number of nitrogens with zero attached hydrogens (tertiary/aromatic N) is 6. The minimum Gasteiger partial charge on any atom is -0.479 e. The second-order valence-electron chi connectivity index (χ2n) is 5.68. The lowest BCUT2D eigenvalue weighted by atomic mass is 10.3. The molecule has 0 aromatic carbocycles. The van der Waals surface area contributed by atoms with Gasteiger partial charge in [0, 0.05) is 13.2 Å². The van der Waals surface area contributed by atoms with Gasteiger partial charge in [0.05, 0.1) is 19.8 Å². The highest BCUT2D eigenvalue weighted by atomic mass is 16.5. The molecule has 26 heavy (non-hydrogen) atoms. The first kappa shape index (κ1) is 17.5. The molecule has 3 rings (SSSR count). The van der Waals surface area contributed by atoms with Crippen LogP contribution in [0.25, 0.3) is 11.5 Å². The lowest BCUT2D eigenvalue weighted by Gasteiger charge is -2.12. The standard InChI is InChI=1S/C16H19N7O3/c1-10(8-24)23-9-17-20-14(23)12-5-4-6-13(18-12)19-15(25)11-7-22(2)21-16(11)26-3/h4-7,9-10,24H,8H2,1-3H3,(H,18,19,25)/t10-/m1/s1. The van der Waals surface area contributed by atoms with Crippen LogP contribution in [0.2, 0.25) is 0 Å². The van der Waals surface area contributed by atoms with E-state index in [1.165, 1.54) is 18.1 Å². The van der Waals surface area contributed by atoms with Crippen LogP contribution in [0.4, 0.5) is 5.82 Å². The molecule has 0 saturated heterocycles. The lowest BCUT2D eigenvalue weighted by Crippen LogP contribution is -2.14. The molecule has 2 N–H and O–H groups in total. The molecule has 3 aromatic heterocycles. The third-order valence-electron chi connectivity index (χ3n) is 3.76. The van der Waals surface area contributed by atoms with Crippen LogP contribution < -0.4 is 10.1 Å². The maximum Gasteiger partial charge on any atom is 0.263 e. The Balaban J connectivity index is 1.86. The Bertz CT molecular complexity index is 918. The fourth-order valence-electron chi connectivity index (χ4n) is 2.42. The molecule has 0 spiro atoms. The molecule has 3 heterocycles. The van der Waals surface area contributed by atoms with Crippen LogP contribution >= 0.6 is 0 Å². The second-order valence-corrected chi connectivity index (χ2v) is 5.68. The van der Waals surface area contributed by atoms with Crippen molar-refractivity contribution in [3.05, 3.63) is 36.3 Å². The maximum absolute atomic E-state index is 12.5. The molecular formula is C16H19N7O3. The van der Waals surface area contributed by atoms with E-state index in [0.29, 0.717) is 22.9 Å². The highest BCUT2D eigenvalue weighted by Gasteiger charge is 2.18. The molecule has 0 saturated carbocycles. The predicted molar refractivity (Wildman–Crippen MR) is 92.8 cm³/mol. The molecule has 1 amide bonds. The summed E-state index contributed by atoms with van der Waals surface area (Å²) >= 11 is 0. The van der Waals surface area contributed by atoms with Gasteiger partial charge in [-0.15, -0.1) is 15.3 Å². The van der Waals surface area contributed by atoms with Crippen LogP contribution in [0.15, 0.2) is 30.7 Å². The Morgan fingerprint density at radius 1 is 1.42 bits per heavy atom. The Morgan fingerprint density at radius 3 is 2.96 bits per heavy atom. The van der Waals surface area contributed by atoms with Crippen molar-refractivity contribution in [2.24, 2.45) is 7.05 Å². The highest BCUT2D eigenvalue weighted by Crippen LogP contribution is 2.21. The van der Waals surface area contributed by atoms with Crippen LogP contribution in [0.5, 0.6) is 5.88 Å². The number of anilines is 1. The number of carbonyl (C=O) groups is 1. The van der Waals surface area contributed by atoms with E-state index in [-0.39, 0.29) is 24.4 Å². The average molecular weight is 357 g/mol. The Kier molecular flexibility index (Phi) is 4.94. The van der Waals surface area contributed by atoms with E-state index in [2.05, 4.69) is 25.6 Å². The van der Waals surface area contributed by atoms with Gasteiger partial charge < -0.3 is 19.7 Å². The highest BCUT2D eigenvalue weighted by molar-refractivity contribution is 6.05. The largest absolute Gasteiger partial charge is 0.479 e. The van der Waals surface area contributed by atoms with Crippen molar-refractivity contribution < 1.29 is 14.6 Å². The fraction of sp³-hybridized carbons (Fsp3) is 0.312. The summed E-state index contributed by atoms with van der Waals surface area (Å²) in [5.41, 5.74) is 0.832. The number of hydrogen-bond acceptors (Lipinski definition) is 7. The normalized spacial score (nSPS) is 12.0. The van der Waals surface area contributed by atoms with E-state index in [1.807, 2.05) is 6.92 Å². The summed E-state index contributed by atoms with van der Waals surface area (Å²) in [4.78, 5) is 16.9. The van der Waals surface area contributed by atoms with Gasteiger partial charge in [-0.3, -0.25) is 9.48 Å². The smallest absolute Gasteiger partial charge is 0.263 e. The number of pyridine rings is 1. The number of hydrogen-bond donors (Lipinski definition) is 2. The number of rotatable bonds is 6. The number of nitrogens with one attached hydrogen (secondary N) is 1. The van der Waals surface area contributed by atoms with Crippen LogP contribution in [-0.2, 0) is 7.05 Å². The third kappa shape index (κ3) is 3.40. The summed E-state index contributed by atoms with van der Waals surface area (Å²) in [5.74, 6) is 0.702. The Labute approximate surface area is 149 Å². The van der Waals surface area contributed by atoms with Gasteiger partial charge in [-0.05, 0) is 19.1 Å². The number of carbonyl (C=O) groups excluding carboxylic acids is 1. The summed E-state index contributed by atoms with van der Waals surface area (Å²) in [6.07, 6.45) is 3.10. The van der Waals surface area contributed by atoms with Gasteiger partial charge in [-0.2, -0.15) is 0 Å². The van der Waals surface area contributed by atoms with Crippen LogP contribution in [-0.4, -0.2) is 54.3 Å². The fourth-order valence-corrected chi connectivity index (χ4v) is 2.42. The summed E-state index contributed by atoms with van der Waals surface area (Å²) < 4.78 is 8.32. The van der Waals surface area contributed by atoms with Crippen molar-refractivity contribution in [3.63, 3.8) is 0 Å². The number of aryl methyl sites for hydroxylation is 1. The molecule has 0 aliphatic heterocycles. The van der Waals surface area contributed by atoms with E-state index < -0.39 is 0 Å². The number of methoxy groups -OCH3 is 1. The van der Waals surface area contributed by atoms with E-state index in [9.17, 15) is 9.90 Å². The molecule has 0 radical (unpaired) electrons. The lowest BCUT2D eigenvalue weighted by molar-refractivity contribution is 0.102. The molecule has 0 fully saturated rings. The van der Waals surface area contributed by atoms with E-state index in [1.54, 1.807) is 36.0 Å². The zero-order chi connectivity index (χ0) is 18.7. The quantitative estimate of drug-likeness (QED) is 0.672. The average Bonchev–Trinajstić information content (AvgIpc) is 3.27. The first-order chi connectivity index (χ1) is 12.5. The number of ether oxygens (including phenoxy) is 1. The van der Waals surface area contributed by atoms with Gasteiger partial charge in [0.15, 0.2) is 5.82 Å². The van der Waals surface area contributed by atoms with E-state index >= 15 is 0 Å². The second kappa shape index (κ2) is 7.31. The Hall–Kier alpha value is -3.27. The third-order valence-corrected chi connectivity index (χ3v) is 3.76. The number of amides is 1. The van der Waals surface area contributed by atoms with E-state index in [4.69, 9.17) is 4.74 Å².